The van der Waals surface area contributed by atoms with Gasteiger partial charge in [-0.25, -0.2) is 0 Å². The first-order valence-electron chi connectivity index (χ1n) is 8.44. The first-order chi connectivity index (χ1) is 11.9. The predicted octanol–water partition coefficient (Wildman–Crippen LogP) is 3.03. The third-order valence-corrected chi connectivity index (χ3v) is 5.27. The summed E-state index contributed by atoms with van der Waals surface area (Å²) < 4.78 is 11.3. The van der Waals surface area contributed by atoms with Gasteiger partial charge in [-0.1, -0.05) is 6.07 Å². The van der Waals surface area contributed by atoms with Gasteiger partial charge < -0.3 is 24.2 Å². The van der Waals surface area contributed by atoms with E-state index in [1.807, 2.05) is 18.2 Å². The Hall–Kier alpha value is -2.40. The maximum Gasteiger partial charge on any atom is 0.161 e. The molecule has 3 rings (SSSR count). The number of quaternary nitrogens is 1. The summed E-state index contributed by atoms with van der Waals surface area (Å²) in [5, 5.41) is 20.2. The molecule has 0 bridgehead atoms. The first kappa shape index (κ1) is 17.4. The minimum Gasteiger partial charge on any atom is -0.504 e. The van der Waals surface area contributed by atoms with Gasteiger partial charge in [0.2, 0.25) is 0 Å². The number of ether oxygens (including phenoxy) is 2. The zero-order valence-corrected chi connectivity index (χ0v) is 15.2. The monoisotopic (exact) mass is 344 g/mol. The molecule has 0 aromatic heterocycles. The lowest BCUT2D eigenvalue weighted by atomic mass is 9.87. The van der Waals surface area contributed by atoms with Gasteiger partial charge in [0.15, 0.2) is 23.0 Å². The predicted molar refractivity (Wildman–Crippen MR) is 96.4 cm³/mol. The van der Waals surface area contributed by atoms with Crippen LogP contribution < -0.4 is 9.47 Å². The summed E-state index contributed by atoms with van der Waals surface area (Å²) in [6, 6.07) is 9.55. The summed E-state index contributed by atoms with van der Waals surface area (Å²) in [5.74, 6) is 1.33. The van der Waals surface area contributed by atoms with E-state index in [-0.39, 0.29) is 17.5 Å². The fraction of sp³-hybridized carbons (Fsp3) is 0.400. The van der Waals surface area contributed by atoms with Crippen molar-refractivity contribution in [3.63, 3.8) is 0 Å². The highest BCUT2D eigenvalue weighted by molar-refractivity contribution is 5.49. The summed E-state index contributed by atoms with van der Waals surface area (Å²) in [6.07, 6.45) is 1.70. The molecule has 2 aromatic carbocycles. The van der Waals surface area contributed by atoms with Crippen LogP contribution in [0, 0.1) is 0 Å². The highest BCUT2D eigenvalue weighted by Crippen LogP contribution is 2.41. The van der Waals surface area contributed by atoms with Gasteiger partial charge in [0.05, 0.1) is 34.9 Å². The van der Waals surface area contributed by atoms with Gasteiger partial charge >= 0.3 is 0 Å². The largest absolute Gasteiger partial charge is 0.504 e. The number of hydrogen-bond acceptors (Lipinski definition) is 4. The van der Waals surface area contributed by atoms with Crippen LogP contribution in [0.4, 0.5) is 0 Å². The van der Waals surface area contributed by atoms with Crippen molar-refractivity contribution >= 4 is 0 Å². The van der Waals surface area contributed by atoms with Crippen molar-refractivity contribution in [2.24, 2.45) is 0 Å². The van der Waals surface area contributed by atoms with E-state index in [2.05, 4.69) is 14.1 Å². The minimum absolute atomic E-state index is 0.157. The Morgan fingerprint density at radius 2 is 1.68 bits per heavy atom. The Morgan fingerprint density at radius 3 is 2.32 bits per heavy atom. The molecule has 1 atom stereocenters. The maximum absolute atomic E-state index is 10.1. The molecule has 2 N–H and O–H groups in total. The third-order valence-electron chi connectivity index (χ3n) is 5.27. The lowest BCUT2D eigenvalue weighted by molar-refractivity contribution is -0.923. The summed E-state index contributed by atoms with van der Waals surface area (Å²) in [5.41, 5.74) is 3.41. The number of methoxy groups -OCH3 is 2. The van der Waals surface area contributed by atoms with Gasteiger partial charge in [-0.2, -0.15) is 0 Å². The van der Waals surface area contributed by atoms with Crippen molar-refractivity contribution in [2.45, 2.75) is 18.9 Å². The van der Waals surface area contributed by atoms with Crippen molar-refractivity contribution < 1.29 is 24.2 Å². The van der Waals surface area contributed by atoms with Crippen molar-refractivity contribution in [3.05, 3.63) is 47.0 Å². The van der Waals surface area contributed by atoms with Crippen molar-refractivity contribution in [3.8, 4) is 23.0 Å². The van der Waals surface area contributed by atoms with Gasteiger partial charge in [-0.15, -0.1) is 0 Å². The second-order valence-electron chi connectivity index (χ2n) is 7.20. The maximum atomic E-state index is 10.1. The number of rotatable bonds is 4. The second kappa shape index (κ2) is 6.48. The average Bonchev–Trinajstić information content (AvgIpc) is 2.57. The molecule has 0 aliphatic carbocycles. The van der Waals surface area contributed by atoms with E-state index in [1.54, 1.807) is 26.4 Å². The zero-order chi connectivity index (χ0) is 18.2. The SMILES string of the molecule is COc1ccc(CC2c3cc(OC)c(O)cc3CC[N+]2(C)C)cc1O. The molecule has 5 heteroatoms. The van der Waals surface area contributed by atoms with Crippen LogP contribution >= 0.6 is 0 Å². The molecule has 1 aliphatic heterocycles. The average molecular weight is 344 g/mol. The fourth-order valence-corrected chi connectivity index (χ4v) is 3.70. The summed E-state index contributed by atoms with van der Waals surface area (Å²) in [7, 11) is 7.55. The van der Waals surface area contributed by atoms with Gasteiger partial charge in [0.25, 0.3) is 0 Å². The molecule has 1 heterocycles. The van der Waals surface area contributed by atoms with E-state index in [0.717, 1.165) is 29.4 Å². The number of hydrogen-bond donors (Lipinski definition) is 2. The Kier molecular flexibility index (Phi) is 4.52. The molecule has 1 unspecified atom stereocenters. The van der Waals surface area contributed by atoms with Gasteiger partial charge in [0.1, 0.15) is 6.04 Å². The highest BCUT2D eigenvalue weighted by Gasteiger charge is 2.36. The van der Waals surface area contributed by atoms with Gasteiger partial charge in [-0.3, -0.25) is 0 Å². The van der Waals surface area contributed by atoms with Crippen LogP contribution in [-0.4, -0.2) is 49.6 Å². The molecule has 2 aromatic rings. The quantitative estimate of drug-likeness (QED) is 0.837. The lowest BCUT2D eigenvalue weighted by Gasteiger charge is -2.43. The Labute approximate surface area is 148 Å². The van der Waals surface area contributed by atoms with Crippen LogP contribution in [0.5, 0.6) is 23.0 Å². The number of phenols is 2. The number of benzene rings is 2. The van der Waals surface area contributed by atoms with Gasteiger partial charge in [-0.05, 0) is 35.4 Å². The molecule has 0 fully saturated rings. The van der Waals surface area contributed by atoms with E-state index < -0.39 is 0 Å². The van der Waals surface area contributed by atoms with E-state index in [0.29, 0.717) is 11.5 Å². The highest BCUT2D eigenvalue weighted by atomic mass is 16.5. The lowest BCUT2D eigenvalue weighted by Crippen LogP contribution is -2.48. The van der Waals surface area contributed by atoms with Crippen LogP contribution in [0.3, 0.4) is 0 Å². The normalized spacial score (nSPS) is 18.5. The molecule has 1 aliphatic rings. The van der Waals surface area contributed by atoms with Crippen molar-refractivity contribution in [1.82, 2.24) is 0 Å². The molecule has 0 spiro atoms. The molecule has 0 saturated heterocycles. The van der Waals surface area contributed by atoms with Crippen LogP contribution in [0.25, 0.3) is 0 Å². The minimum atomic E-state index is 0.157. The standard InChI is InChI=1S/C20H25NO4/c1-21(2)8-7-14-11-18(23)20(25-4)12-15(14)16(21)9-13-5-6-19(24-3)17(22)10-13/h5-6,10-12,16H,7-9H2,1-4H3,(H-,22,23)/p+1. The Balaban J connectivity index is 2.01. The Morgan fingerprint density at radius 1 is 1.00 bits per heavy atom. The molecule has 0 amide bonds. The topological polar surface area (TPSA) is 58.9 Å². The molecule has 0 radical (unpaired) electrons. The van der Waals surface area contributed by atoms with Crippen molar-refractivity contribution in [2.75, 3.05) is 34.9 Å². The number of likely N-dealkylation sites (N-methyl/N-ethyl adjacent to an activating group) is 1. The molecule has 25 heavy (non-hydrogen) atoms. The molecular weight excluding hydrogens is 318 g/mol. The number of aromatic hydroxyl groups is 2. The van der Waals surface area contributed by atoms with E-state index in [9.17, 15) is 10.2 Å². The second-order valence-corrected chi connectivity index (χ2v) is 7.20. The molecule has 0 saturated carbocycles. The Bertz CT molecular complexity index is 786. The smallest absolute Gasteiger partial charge is 0.161 e. The van der Waals surface area contributed by atoms with E-state index >= 15 is 0 Å². The summed E-state index contributed by atoms with van der Waals surface area (Å²) in [6.45, 7) is 0.992. The van der Waals surface area contributed by atoms with Crippen LogP contribution in [0.2, 0.25) is 0 Å². The summed E-state index contributed by atoms with van der Waals surface area (Å²) >= 11 is 0. The number of nitrogens with zero attached hydrogens (tertiary/aromatic N) is 1. The van der Waals surface area contributed by atoms with Crippen LogP contribution in [0.1, 0.15) is 22.7 Å². The van der Waals surface area contributed by atoms with E-state index in [1.165, 1.54) is 11.1 Å². The zero-order valence-electron chi connectivity index (χ0n) is 15.2. The third kappa shape index (κ3) is 3.24. The van der Waals surface area contributed by atoms with Gasteiger partial charge in [0, 0.05) is 18.4 Å². The van der Waals surface area contributed by atoms with E-state index in [4.69, 9.17) is 9.47 Å². The fourth-order valence-electron chi connectivity index (χ4n) is 3.70. The van der Waals surface area contributed by atoms with Crippen LogP contribution in [-0.2, 0) is 12.8 Å². The number of phenolic OH excluding ortho intramolecular Hbond substituents is 2. The molecular formula is C20H26NO4+. The van der Waals surface area contributed by atoms with Crippen LogP contribution in [0.15, 0.2) is 30.3 Å². The summed E-state index contributed by atoms with van der Waals surface area (Å²) in [4.78, 5) is 0. The first-order valence-corrected chi connectivity index (χ1v) is 8.44. The van der Waals surface area contributed by atoms with Crippen molar-refractivity contribution in [1.29, 1.82) is 0 Å². The molecule has 134 valence electrons. The number of fused-ring (bicyclic) bond motifs is 1. The molecule has 5 nitrogen and oxygen atoms in total.